The first-order valence-corrected chi connectivity index (χ1v) is 8.54. The minimum atomic E-state index is -0.0883. The van der Waals surface area contributed by atoms with Crippen LogP contribution >= 0.6 is 11.8 Å². The molecule has 1 aromatic carbocycles. The number of piperidine rings is 1. The molecular formula is C16H21N3O2S. The normalized spacial score (nSPS) is 22.2. The van der Waals surface area contributed by atoms with E-state index in [9.17, 15) is 9.59 Å². The number of likely N-dealkylation sites (tertiary alicyclic amines) is 1. The van der Waals surface area contributed by atoms with Crippen molar-refractivity contribution in [1.29, 1.82) is 0 Å². The van der Waals surface area contributed by atoms with Gasteiger partial charge in [0.25, 0.3) is 5.91 Å². The van der Waals surface area contributed by atoms with Crippen LogP contribution in [0.3, 0.4) is 0 Å². The van der Waals surface area contributed by atoms with E-state index < -0.39 is 0 Å². The molecule has 22 heavy (non-hydrogen) atoms. The number of carbonyl (C=O) groups excluding carboxylic acids is 2. The second kappa shape index (κ2) is 6.30. The maximum atomic E-state index is 12.6. The first-order valence-electron chi connectivity index (χ1n) is 7.66. The molecular weight excluding hydrogens is 298 g/mol. The topological polar surface area (TPSA) is 61.4 Å². The SMILES string of the molecule is CNC1CCN(C(=O)c2ccc3c(c2)NC(=O)C(C)S3)CC1. The molecule has 1 unspecified atom stereocenters. The summed E-state index contributed by atoms with van der Waals surface area (Å²) >= 11 is 1.53. The van der Waals surface area contributed by atoms with Crippen LogP contribution in [-0.2, 0) is 4.79 Å². The van der Waals surface area contributed by atoms with Crippen molar-refractivity contribution in [1.82, 2.24) is 10.2 Å². The molecule has 6 heteroatoms. The zero-order valence-electron chi connectivity index (χ0n) is 12.9. The number of amides is 2. The van der Waals surface area contributed by atoms with Crippen molar-refractivity contribution >= 4 is 29.3 Å². The molecule has 2 aliphatic heterocycles. The van der Waals surface area contributed by atoms with Gasteiger partial charge in [0.05, 0.1) is 10.9 Å². The first kappa shape index (κ1) is 15.4. The van der Waals surface area contributed by atoms with Gasteiger partial charge in [-0.25, -0.2) is 0 Å². The Labute approximate surface area is 134 Å². The number of thioether (sulfide) groups is 1. The van der Waals surface area contributed by atoms with Gasteiger partial charge in [0.1, 0.15) is 0 Å². The lowest BCUT2D eigenvalue weighted by atomic mass is 10.0. The van der Waals surface area contributed by atoms with Crippen LogP contribution in [0, 0.1) is 0 Å². The van der Waals surface area contributed by atoms with Gasteiger partial charge in [0, 0.05) is 29.6 Å². The molecule has 118 valence electrons. The number of rotatable bonds is 2. The van der Waals surface area contributed by atoms with Gasteiger partial charge in [0.15, 0.2) is 0 Å². The molecule has 2 amide bonds. The minimum Gasteiger partial charge on any atom is -0.339 e. The number of hydrogen-bond acceptors (Lipinski definition) is 4. The lowest BCUT2D eigenvalue weighted by Crippen LogP contribution is -2.44. The van der Waals surface area contributed by atoms with Crippen molar-refractivity contribution in [2.45, 2.75) is 36.0 Å². The first-order chi connectivity index (χ1) is 10.6. The Bertz CT molecular complexity index is 597. The number of hydrogen-bond donors (Lipinski definition) is 2. The minimum absolute atomic E-state index is 0.00284. The van der Waals surface area contributed by atoms with Gasteiger partial charge in [-0.05, 0) is 45.0 Å². The molecule has 0 aliphatic carbocycles. The number of benzene rings is 1. The fourth-order valence-corrected chi connectivity index (χ4v) is 3.83. The average Bonchev–Trinajstić information content (AvgIpc) is 2.55. The van der Waals surface area contributed by atoms with Gasteiger partial charge in [-0.1, -0.05) is 0 Å². The van der Waals surface area contributed by atoms with Crippen molar-refractivity contribution in [3.05, 3.63) is 23.8 Å². The summed E-state index contributed by atoms with van der Waals surface area (Å²) in [5.41, 5.74) is 1.40. The highest BCUT2D eigenvalue weighted by Crippen LogP contribution is 2.36. The Balaban J connectivity index is 1.74. The van der Waals surface area contributed by atoms with E-state index in [0.29, 0.717) is 11.6 Å². The summed E-state index contributed by atoms with van der Waals surface area (Å²) in [5, 5.41) is 6.06. The van der Waals surface area contributed by atoms with E-state index in [1.165, 1.54) is 11.8 Å². The van der Waals surface area contributed by atoms with Crippen LogP contribution < -0.4 is 10.6 Å². The summed E-state index contributed by atoms with van der Waals surface area (Å²) in [6, 6.07) is 6.11. The van der Waals surface area contributed by atoms with Crippen molar-refractivity contribution < 1.29 is 9.59 Å². The summed E-state index contributed by atoms with van der Waals surface area (Å²) in [6.45, 7) is 3.44. The molecule has 2 aliphatic rings. The van der Waals surface area contributed by atoms with Crippen LogP contribution in [0.15, 0.2) is 23.1 Å². The summed E-state index contributed by atoms with van der Waals surface area (Å²) < 4.78 is 0. The number of anilines is 1. The quantitative estimate of drug-likeness (QED) is 0.874. The molecule has 0 saturated carbocycles. The molecule has 0 spiro atoms. The predicted molar refractivity (Wildman–Crippen MR) is 88.4 cm³/mol. The van der Waals surface area contributed by atoms with Crippen LogP contribution in [0.1, 0.15) is 30.1 Å². The highest BCUT2D eigenvalue weighted by atomic mass is 32.2. The summed E-state index contributed by atoms with van der Waals surface area (Å²) in [5.74, 6) is 0.0483. The highest BCUT2D eigenvalue weighted by Gasteiger charge is 2.26. The summed E-state index contributed by atoms with van der Waals surface area (Å²) in [6.07, 6.45) is 1.97. The molecule has 2 N–H and O–H groups in total. The van der Waals surface area contributed by atoms with Gasteiger partial charge in [0.2, 0.25) is 5.91 Å². The van der Waals surface area contributed by atoms with Crippen LogP contribution in [0.5, 0.6) is 0 Å². The van der Waals surface area contributed by atoms with E-state index >= 15 is 0 Å². The van der Waals surface area contributed by atoms with Crippen molar-refractivity contribution in [2.24, 2.45) is 0 Å². The maximum absolute atomic E-state index is 12.6. The molecule has 1 fully saturated rings. The van der Waals surface area contributed by atoms with Gasteiger partial charge in [-0.3, -0.25) is 9.59 Å². The number of nitrogens with one attached hydrogen (secondary N) is 2. The molecule has 3 rings (SSSR count). The lowest BCUT2D eigenvalue weighted by Gasteiger charge is -2.32. The maximum Gasteiger partial charge on any atom is 0.253 e. The zero-order chi connectivity index (χ0) is 15.7. The van der Waals surface area contributed by atoms with Gasteiger partial charge >= 0.3 is 0 Å². The molecule has 5 nitrogen and oxygen atoms in total. The molecule has 0 aromatic heterocycles. The standard InChI is InChI=1S/C16H21N3O2S/c1-10-15(20)18-13-9-11(3-4-14(13)22-10)16(21)19-7-5-12(17-2)6-8-19/h3-4,9-10,12,17H,5-8H2,1-2H3,(H,18,20). The van der Waals surface area contributed by atoms with Gasteiger partial charge < -0.3 is 15.5 Å². The molecule has 2 heterocycles. The summed E-state index contributed by atoms with van der Waals surface area (Å²) in [7, 11) is 1.97. The number of nitrogens with zero attached hydrogens (tertiary/aromatic N) is 1. The molecule has 1 atom stereocenters. The van der Waals surface area contributed by atoms with E-state index in [1.54, 1.807) is 6.07 Å². The molecule has 0 radical (unpaired) electrons. The fraction of sp³-hybridized carbons (Fsp3) is 0.500. The Morgan fingerprint density at radius 2 is 2.09 bits per heavy atom. The molecule has 1 aromatic rings. The average molecular weight is 319 g/mol. The van der Waals surface area contributed by atoms with E-state index in [4.69, 9.17) is 0 Å². The third-order valence-corrected chi connectivity index (χ3v) is 5.53. The Kier molecular flexibility index (Phi) is 4.40. The molecule has 1 saturated heterocycles. The Morgan fingerprint density at radius 1 is 1.36 bits per heavy atom. The fourth-order valence-electron chi connectivity index (χ4n) is 2.90. The van der Waals surface area contributed by atoms with Gasteiger partial charge in [-0.15, -0.1) is 11.8 Å². The number of carbonyl (C=O) groups is 2. The van der Waals surface area contributed by atoms with E-state index in [1.807, 2.05) is 31.0 Å². The monoisotopic (exact) mass is 319 g/mol. The third kappa shape index (κ3) is 2.98. The molecule has 0 bridgehead atoms. The van der Waals surface area contributed by atoms with Crippen LogP contribution in [0.2, 0.25) is 0 Å². The van der Waals surface area contributed by atoms with Crippen molar-refractivity contribution in [2.75, 3.05) is 25.5 Å². The zero-order valence-corrected chi connectivity index (χ0v) is 13.7. The second-order valence-electron chi connectivity index (χ2n) is 5.82. The predicted octanol–water partition coefficient (Wildman–Crippen LogP) is 1.94. The Hall–Kier alpha value is -1.53. The summed E-state index contributed by atoms with van der Waals surface area (Å²) in [4.78, 5) is 27.3. The smallest absolute Gasteiger partial charge is 0.253 e. The lowest BCUT2D eigenvalue weighted by molar-refractivity contribution is -0.115. The van der Waals surface area contributed by atoms with Crippen LogP contribution in [0.4, 0.5) is 5.69 Å². The van der Waals surface area contributed by atoms with Crippen LogP contribution in [-0.4, -0.2) is 48.1 Å². The van der Waals surface area contributed by atoms with Gasteiger partial charge in [-0.2, -0.15) is 0 Å². The second-order valence-corrected chi connectivity index (χ2v) is 7.20. The van der Waals surface area contributed by atoms with Crippen molar-refractivity contribution in [3.63, 3.8) is 0 Å². The van der Waals surface area contributed by atoms with E-state index in [2.05, 4.69) is 10.6 Å². The van der Waals surface area contributed by atoms with E-state index in [-0.39, 0.29) is 17.1 Å². The van der Waals surface area contributed by atoms with E-state index in [0.717, 1.165) is 36.5 Å². The number of fused-ring (bicyclic) bond motifs is 1. The highest BCUT2D eigenvalue weighted by molar-refractivity contribution is 8.00. The van der Waals surface area contributed by atoms with Crippen LogP contribution in [0.25, 0.3) is 0 Å². The largest absolute Gasteiger partial charge is 0.339 e. The van der Waals surface area contributed by atoms with Crippen molar-refractivity contribution in [3.8, 4) is 0 Å². The third-order valence-electron chi connectivity index (χ3n) is 4.35. The Morgan fingerprint density at radius 3 is 2.77 bits per heavy atom.